The van der Waals surface area contributed by atoms with Gasteiger partial charge in [-0.05, 0) is 32.1 Å². The summed E-state index contributed by atoms with van der Waals surface area (Å²) in [5, 5.41) is 0. The number of carbonyl (C=O) groups is 1. The van der Waals surface area contributed by atoms with Crippen LogP contribution in [0.25, 0.3) is 0 Å². The van der Waals surface area contributed by atoms with Crippen molar-refractivity contribution >= 4 is 5.91 Å². The summed E-state index contributed by atoms with van der Waals surface area (Å²) in [4.78, 5) is 16.7. The van der Waals surface area contributed by atoms with Gasteiger partial charge in [0.05, 0.1) is 14.2 Å². The van der Waals surface area contributed by atoms with Crippen molar-refractivity contribution < 1.29 is 14.3 Å². The van der Waals surface area contributed by atoms with Crippen molar-refractivity contribution in [3.05, 3.63) is 23.8 Å². The van der Waals surface area contributed by atoms with E-state index in [1.807, 2.05) is 4.90 Å². The zero-order chi connectivity index (χ0) is 14.5. The molecule has 1 amide bonds. The summed E-state index contributed by atoms with van der Waals surface area (Å²) in [6, 6.07) is 5.30. The number of likely N-dealkylation sites (N-methyl/N-ethyl adjacent to an activating group) is 1. The molecule has 1 fully saturated rings. The Hall–Kier alpha value is -1.75. The maximum Gasteiger partial charge on any atom is 0.254 e. The fourth-order valence-corrected chi connectivity index (χ4v) is 2.36. The fraction of sp³-hybridized carbons (Fsp3) is 0.533. The van der Waals surface area contributed by atoms with Crippen LogP contribution in [0.2, 0.25) is 0 Å². The molecule has 1 aliphatic rings. The zero-order valence-corrected chi connectivity index (χ0v) is 12.4. The van der Waals surface area contributed by atoms with Gasteiger partial charge in [0, 0.05) is 31.3 Å². The zero-order valence-electron chi connectivity index (χ0n) is 12.4. The molecule has 110 valence electrons. The summed E-state index contributed by atoms with van der Waals surface area (Å²) < 4.78 is 10.4. The third kappa shape index (κ3) is 3.42. The molecule has 0 aliphatic carbocycles. The van der Waals surface area contributed by atoms with Gasteiger partial charge in [-0.2, -0.15) is 0 Å². The van der Waals surface area contributed by atoms with Crippen molar-refractivity contribution in [1.82, 2.24) is 9.80 Å². The largest absolute Gasteiger partial charge is 0.497 e. The molecular formula is C15H22N2O3. The first kappa shape index (κ1) is 14.7. The van der Waals surface area contributed by atoms with Crippen molar-refractivity contribution in [2.75, 3.05) is 47.4 Å². The number of hydrogen-bond donors (Lipinski definition) is 0. The molecule has 0 aromatic heterocycles. The van der Waals surface area contributed by atoms with Crippen LogP contribution >= 0.6 is 0 Å². The first-order valence-electron chi connectivity index (χ1n) is 6.85. The van der Waals surface area contributed by atoms with Gasteiger partial charge in [-0.15, -0.1) is 0 Å². The van der Waals surface area contributed by atoms with Crippen molar-refractivity contribution in [3.63, 3.8) is 0 Å². The lowest BCUT2D eigenvalue weighted by molar-refractivity contribution is 0.0762. The number of nitrogens with zero attached hydrogens (tertiary/aromatic N) is 2. The van der Waals surface area contributed by atoms with E-state index in [1.165, 1.54) is 0 Å². The summed E-state index contributed by atoms with van der Waals surface area (Å²) in [6.45, 7) is 3.50. The van der Waals surface area contributed by atoms with Gasteiger partial charge in [-0.1, -0.05) is 0 Å². The molecule has 1 saturated heterocycles. The van der Waals surface area contributed by atoms with Gasteiger partial charge in [-0.3, -0.25) is 4.79 Å². The number of amides is 1. The van der Waals surface area contributed by atoms with Crippen LogP contribution in [0.15, 0.2) is 18.2 Å². The molecule has 20 heavy (non-hydrogen) atoms. The molecule has 5 nitrogen and oxygen atoms in total. The normalized spacial score (nSPS) is 16.6. The molecule has 0 radical (unpaired) electrons. The monoisotopic (exact) mass is 278 g/mol. The number of carbonyl (C=O) groups excluding carboxylic acids is 1. The summed E-state index contributed by atoms with van der Waals surface area (Å²) in [5.74, 6) is 1.32. The van der Waals surface area contributed by atoms with Crippen LogP contribution in [0.4, 0.5) is 0 Å². The highest BCUT2D eigenvalue weighted by molar-refractivity contribution is 5.95. The molecule has 0 atom stereocenters. The number of rotatable bonds is 3. The lowest BCUT2D eigenvalue weighted by atomic mass is 10.1. The predicted octanol–water partition coefficient (Wildman–Crippen LogP) is 1.48. The minimum atomic E-state index is 0.0394. The van der Waals surface area contributed by atoms with Gasteiger partial charge in [0.2, 0.25) is 0 Å². The first-order chi connectivity index (χ1) is 9.63. The van der Waals surface area contributed by atoms with Gasteiger partial charge in [0.25, 0.3) is 5.91 Å². The van der Waals surface area contributed by atoms with Crippen LogP contribution in [0.3, 0.4) is 0 Å². The molecule has 0 saturated carbocycles. The molecular weight excluding hydrogens is 256 g/mol. The van der Waals surface area contributed by atoms with E-state index in [2.05, 4.69) is 11.9 Å². The Bertz CT molecular complexity index is 454. The number of benzene rings is 1. The second-order valence-electron chi connectivity index (χ2n) is 5.05. The average molecular weight is 278 g/mol. The topological polar surface area (TPSA) is 42.0 Å². The van der Waals surface area contributed by atoms with E-state index >= 15 is 0 Å². The SMILES string of the molecule is COc1cc(OC)cc(C(=O)N2CCCN(C)CC2)c1. The van der Waals surface area contributed by atoms with E-state index in [0.29, 0.717) is 17.1 Å². The van der Waals surface area contributed by atoms with E-state index in [-0.39, 0.29) is 5.91 Å². The van der Waals surface area contributed by atoms with Crippen molar-refractivity contribution in [2.45, 2.75) is 6.42 Å². The minimum Gasteiger partial charge on any atom is -0.497 e. The van der Waals surface area contributed by atoms with E-state index in [4.69, 9.17) is 9.47 Å². The molecule has 1 aliphatic heterocycles. The van der Waals surface area contributed by atoms with Crippen LogP contribution in [-0.4, -0.2) is 63.2 Å². The number of hydrogen-bond acceptors (Lipinski definition) is 4. The summed E-state index contributed by atoms with van der Waals surface area (Å²) in [7, 11) is 5.26. The molecule has 2 rings (SSSR count). The second-order valence-corrected chi connectivity index (χ2v) is 5.05. The van der Waals surface area contributed by atoms with Crippen LogP contribution < -0.4 is 9.47 Å². The Morgan fingerprint density at radius 1 is 1.00 bits per heavy atom. The van der Waals surface area contributed by atoms with Gasteiger partial charge in [0.15, 0.2) is 0 Å². The highest BCUT2D eigenvalue weighted by Crippen LogP contribution is 2.23. The van der Waals surface area contributed by atoms with Crippen molar-refractivity contribution in [3.8, 4) is 11.5 Å². The standard InChI is InChI=1S/C15H22N2O3/c1-16-5-4-6-17(8-7-16)15(18)12-9-13(19-2)11-14(10-12)20-3/h9-11H,4-8H2,1-3H3. The quantitative estimate of drug-likeness (QED) is 0.840. The summed E-state index contributed by atoms with van der Waals surface area (Å²) in [6.07, 6.45) is 1.00. The number of ether oxygens (including phenoxy) is 2. The van der Waals surface area contributed by atoms with E-state index in [9.17, 15) is 4.79 Å². The number of methoxy groups -OCH3 is 2. The smallest absolute Gasteiger partial charge is 0.254 e. The molecule has 5 heteroatoms. The van der Waals surface area contributed by atoms with Gasteiger partial charge in [0.1, 0.15) is 11.5 Å². The maximum absolute atomic E-state index is 12.6. The maximum atomic E-state index is 12.6. The van der Waals surface area contributed by atoms with Crippen LogP contribution in [0.5, 0.6) is 11.5 Å². The van der Waals surface area contributed by atoms with Crippen LogP contribution in [0.1, 0.15) is 16.8 Å². The third-order valence-corrected chi connectivity index (χ3v) is 3.61. The Morgan fingerprint density at radius 3 is 2.25 bits per heavy atom. The average Bonchev–Trinajstić information content (AvgIpc) is 2.70. The summed E-state index contributed by atoms with van der Waals surface area (Å²) >= 11 is 0. The minimum absolute atomic E-state index is 0.0394. The Balaban J connectivity index is 2.19. The highest BCUT2D eigenvalue weighted by Gasteiger charge is 2.20. The fourth-order valence-electron chi connectivity index (χ4n) is 2.36. The van der Waals surface area contributed by atoms with Gasteiger partial charge in [-0.25, -0.2) is 0 Å². The molecule has 0 spiro atoms. The van der Waals surface area contributed by atoms with Gasteiger partial charge >= 0.3 is 0 Å². The van der Waals surface area contributed by atoms with Crippen molar-refractivity contribution in [2.24, 2.45) is 0 Å². The highest BCUT2D eigenvalue weighted by atomic mass is 16.5. The molecule has 0 bridgehead atoms. The molecule has 0 unspecified atom stereocenters. The predicted molar refractivity (Wildman–Crippen MR) is 77.6 cm³/mol. The molecule has 0 N–H and O–H groups in total. The second kappa shape index (κ2) is 6.61. The van der Waals surface area contributed by atoms with Crippen LogP contribution in [0, 0.1) is 0 Å². The first-order valence-corrected chi connectivity index (χ1v) is 6.85. The molecule has 1 aromatic rings. The van der Waals surface area contributed by atoms with Crippen LogP contribution in [-0.2, 0) is 0 Å². The Labute approximate surface area is 120 Å². The molecule has 1 heterocycles. The van der Waals surface area contributed by atoms with Gasteiger partial charge < -0.3 is 19.3 Å². The van der Waals surface area contributed by atoms with E-state index < -0.39 is 0 Å². The van der Waals surface area contributed by atoms with Crippen molar-refractivity contribution in [1.29, 1.82) is 0 Å². The summed E-state index contributed by atoms with van der Waals surface area (Å²) in [5.41, 5.74) is 0.616. The third-order valence-electron chi connectivity index (χ3n) is 3.61. The lowest BCUT2D eigenvalue weighted by Gasteiger charge is -2.21. The molecule has 1 aromatic carbocycles. The lowest BCUT2D eigenvalue weighted by Crippen LogP contribution is -2.34. The van der Waals surface area contributed by atoms with E-state index in [1.54, 1.807) is 32.4 Å². The Morgan fingerprint density at radius 2 is 1.65 bits per heavy atom. The Kier molecular flexibility index (Phi) is 4.84. The van der Waals surface area contributed by atoms with E-state index in [0.717, 1.165) is 32.6 Å².